The van der Waals surface area contributed by atoms with E-state index in [1.807, 2.05) is 38.1 Å². The zero-order chi connectivity index (χ0) is 14.7. The number of carboxylic acids is 1. The molecule has 0 radical (unpaired) electrons. The standard InChI is InChI=1S/C15H19NO4/c1-10(2)9-20-15(19)16-8-11(7-14(17)18)12-5-3-4-6-13(12)16/h3-6,10-11H,7-9H2,1-2H3,(H,17,18). The van der Waals surface area contributed by atoms with Crippen LogP contribution in [0, 0.1) is 5.92 Å². The fraction of sp³-hybridized carbons (Fsp3) is 0.467. The largest absolute Gasteiger partial charge is 0.481 e. The Balaban J connectivity index is 2.16. The van der Waals surface area contributed by atoms with Crippen LogP contribution in [0.1, 0.15) is 31.7 Å². The summed E-state index contributed by atoms with van der Waals surface area (Å²) in [4.78, 5) is 24.6. The molecule has 0 aliphatic carbocycles. The molecule has 1 N–H and O–H groups in total. The maximum Gasteiger partial charge on any atom is 0.414 e. The molecule has 0 aromatic heterocycles. The minimum absolute atomic E-state index is 0.0188. The minimum Gasteiger partial charge on any atom is -0.481 e. The fourth-order valence-corrected chi connectivity index (χ4v) is 2.37. The first-order valence-corrected chi connectivity index (χ1v) is 6.74. The molecule has 0 saturated carbocycles. The maximum atomic E-state index is 12.1. The molecule has 1 atom stereocenters. The van der Waals surface area contributed by atoms with Crippen molar-refractivity contribution < 1.29 is 19.4 Å². The molecule has 5 heteroatoms. The number of hydrogen-bond acceptors (Lipinski definition) is 3. The van der Waals surface area contributed by atoms with Crippen molar-refractivity contribution in [3.63, 3.8) is 0 Å². The Morgan fingerprint density at radius 3 is 2.75 bits per heavy atom. The predicted molar refractivity (Wildman–Crippen MR) is 75.0 cm³/mol. The second-order valence-corrected chi connectivity index (χ2v) is 5.43. The van der Waals surface area contributed by atoms with Crippen LogP contribution in [-0.2, 0) is 9.53 Å². The topological polar surface area (TPSA) is 66.8 Å². The number of hydrogen-bond donors (Lipinski definition) is 1. The molecular formula is C15H19NO4. The molecule has 1 heterocycles. The van der Waals surface area contributed by atoms with E-state index in [4.69, 9.17) is 9.84 Å². The normalized spacial score (nSPS) is 17.1. The van der Waals surface area contributed by atoms with Gasteiger partial charge in [0.15, 0.2) is 0 Å². The number of carboxylic acid groups (broad SMARTS) is 1. The number of fused-ring (bicyclic) bond motifs is 1. The third-order valence-corrected chi connectivity index (χ3v) is 3.25. The number of rotatable bonds is 4. The highest BCUT2D eigenvalue weighted by Gasteiger charge is 2.34. The van der Waals surface area contributed by atoms with Crippen LogP contribution < -0.4 is 4.90 Å². The molecule has 108 valence electrons. The van der Waals surface area contributed by atoms with Crippen molar-refractivity contribution in [2.24, 2.45) is 5.92 Å². The van der Waals surface area contributed by atoms with Gasteiger partial charge in [0.25, 0.3) is 0 Å². The molecular weight excluding hydrogens is 258 g/mol. The van der Waals surface area contributed by atoms with E-state index >= 15 is 0 Å². The molecule has 1 amide bonds. The van der Waals surface area contributed by atoms with Gasteiger partial charge >= 0.3 is 12.1 Å². The van der Waals surface area contributed by atoms with Crippen LogP contribution in [0.5, 0.6) is 0 Å². The highest BCUT2D eigenvalue weighted by molar-refractivity contribution is 5.91. The lowest BCUT2D eigenvalue weighted by molar-refractivity contribution is -0.137. The van der Waals surface area contributed by atoms with E-state index in [2.05, 4.69) is 0 Å². The van der Waals surface area contributed by atoms with E-state index in [0.29, 0.717) is 13.2 Å². The fourth-order valence-electron chi connectivity index (χ4n) is 2.37. The number of amides is 1. The molecule has 0 fully saturated rings. The number of carbonyl (C=O) groups is 2. The first-order chi connectivity index (χ1) is 9.49. The van der Waals surface area contributed by atoms with Gasteiger partial charge in [-0.15, -0.1) is 0 Å². The number of benzene rings is 1. The molecule has 0 bridgehead atoms. The number of aliphatic carboxylic acids is 1. The average Bonchev–Trinajstić information content (AvgIpc) is 2.74. The van der Waals surface area contributed by atoms with Gasteiger partial charge in [-0.3, -0.25) is 9.69 Å². The summed E-state index contributed by atoms with van der Waals surface area (Å²) >= 11 is 0. The van der Waals surface area contributed by atoms with Crippen LogP contribution in [-0.4, -0.2) is 30.3 Å². The lowest BCUT2D eigenvalue weighted by Crippen LogP contribution is -2.31. The summed E-state index contributed by atoms with van der Waals surface area (Å²) in [6.07, 6.45) is -0.385. The second-order valence-electron chi connectivity index (χ2n) is 5.43. The summed E-state index contributed by atoms with van der Waals surface area (Å²) in [5.41, 5.74) is 1.66. The van der Waals surface area contributed by atoms with E-state index in [-0.39, 0.29) is 18.3 Å². The van der Waals surface area contributed by atoms with Crippen molar-refractivity contribution in [2.45, 2.75) is 26.2 Å². The SMILES string of the molecule is CC(C)COC(=O)N1CC(CC(=O)O)c2ccccc21. The average molecular weight is 277 g/mol. The molecule has 1 aromatic rings. The molecule has 2 rings (SSSR count). The second kappa shape index (κ2) is 5.94. The Morgan fingerprint density at radius 1 is 1.40 bits per heavy atom. The highest BCUT2D eigenvalue weighted by Crippen LogP contribution is 2.38. The predicted octanol–water partition coefficient (Wildman–Crippen LogP) is 2.86. The van der Waals surface area contributed by atoms with Crippen LogP contribution in [0.2, 0.25) is 0 Å². The van der Waals surface area contributed by atoms with Gasteiger partial charge in [-0.1, -0.05) is 32.0 Å². The molecule has 5 nitrogen and oxygen atoms in total. The van der Waals surface area contributed by atoms with E-state index in [9.17, 15) is 9.59 Å². The quantitative estimate of drug-likeness (QED) is 0.919. The third kappa shape index (κ3) is 3.10. The summed E-state index contributed by atoms with van der Waals surface area (Å²) in [6.45, 7) is 4.67. The van der Waals surface area contributed by atoms with Gasteiger partial charge in [-0.25, -0.2) is 4.79 Å². The Bertz CT molecular complexity index is 512. The van der Waals surface area contributed by atoms with E-state index in [0.717, 1.165) is 11.3 Å². The van der Waals surface area contributed by atoms with Crippen molar-refractivity contribution in [3.05, 3.63) is 29.8 Å². The van der Waals surface area contributed by atoms with Crippen molar-refractivity contribution in [3.8, 4) is 0 Å². The first-order valence-electron chi connectivity index (χ1n) is 6.74. The summed E-state index contributed by atoms with van der Waals surface area (Å²) in [5, 5.41) is 8.97. The molecule has 20 heavy (non-hydrogen) atoms. The molecule has 0 spiro atoms. The highest BCUT2D eigenvalue weighted by atomic mass is 16.6. The van der Waals surface area contributed by atoms with Crippen LogP contribution in [0.3, 0.4) is 0 Å². The molecule has 1 unspecified atom stereocenters. The summed E-state index contributed by atoms with van der Waals surface area (Å²) < 4.78 is 5.24. The van der Waals surface area contributed by atoms with E-state index in [1.54, 1.807) is 0 Å². The van der Waals surface area contributed by atoms with Crippen LogP contribution in [0.25, 0.3) is 0 Å². The molecule has 0 saturated heterocycles. The lowest BCUT2D eigenvalue weighted by Gasteiger charge is -2.18. The van der Waals surface area contributed by atoms with Gasteiger partial charge in [0.2, 0.25) is 0 Å². The van der Waals surface area contributed by atoms with Crippen LogP contribution in [0.15, 0.2) is 24.3 Å². The number of anilines is 1. The Hall–Kier alpha value is -2.04. The number of carbonyl (C=O) groups excluding carboxylic acids is 1. The first kappa shape index (κ1) is 14.4. The van der Waals surface area contributed by atoms with Gasteiger partial charge < -0.3 is 9.84 Å². The van der Waals surface area contributed by atoms with Crippen molar-refractivity contribution in [1.29, 1.82) is 0 Å². The van der Waals surface area contributed by atoms with Gasteiger partial charge in [0.05, 0.1) is 18.7 Å². The zero-order valence-electron chi connectivity index (χ0n) is 11.7. The summed E-state index contributed by atoms with van der Waals surface area (Å²) in [7, 11) is 0. The number of ether oxygens (including phenoxy) is 1. The Morgan fingerprint density at radius 2 is 2.10 bits per heavy atom. The van der Waals surface area contributed by atoms with Gasteiger partial charge in [-0.2, -0.15) is 0 Å². The number of nitrogens with zero attached hydrogens (tertiary/aromatic N) is 1. The van der Waals surface area contributed by atoms with Gasteiger partial charge in [-0.05, 0) is 17.5 Å². The van der Waals surface area contributed by atoms with Crippen molar-refractivity contribution >= 4 is 17.7 Å². The third-order valence-electron chi connectivity index (χ3n) is 3.25. The summed E-state index contributed by atoms with van der Waals surface area (Å²) in [5.74, 6) is -0.760. The maximum absolute atomic E-state index is 12.1. The monoisotopic (exact) mass is 277 g/mol. The smallest absolute Gasteiger partial charge is 0.414 e. The molecule has 1 aliphatic rings. The van der Waals surface area contributed by atoms with Crippen molar-refractivity contribution in [1.82, 2.24) is 0 Å². The zero-order valence-corrected chi connectivity index (χ0v) is 11.7. The van der Waals surface area contributed by atoms with E-state index in [1.165, 1.54) is 4.90 Å². The molecule has 1 aromatic carbocycles. The van der Waals surface area contributed by atoms with Crippen LogP contribution in [0.4, 0.5) is 10.5 Å². The van der Waals surface area contributed by atoms with Gasteiger partial charge in [0.1, 0.15) is 0 Å². The number of para-hydroxylation sites is 1. The van der Waals surface area contributed by atoms with Crippen LogP contribution >= 0.6 is 0 Å². The minimum atomic E-state index is -0.859. The Labute approximate surface area is 118 Å². The summed E-state index contributed by atoms with van der Waals surface area (Å²) in [6, 6.07) is 7.40. The Kier molecular flexibility index (Phi) is 4.27. The van der Waals surface area contributed by atoms with Crippen molar-refractivity contribution in [2.75, 3.05) is 18.1 Å². The lowest BCUT2D eigenvalue weighted by atomic mass is 9.98. The van der Waals surface area contributed by atoms with E-state index < -0.39 is 12.1 Å². The van der Waals surface area contributed by atoms with Gasteiger partial charge in [0, 0.05) is 12.5 Å². The molecule has 1 aliphatic heterocycles.